The number of piperidine rings is 1. The van der Waals surface area contributed by atoms with E-state index in [-0.39, 0.29) is 5.91 Å². The molecule has 2 aliphatic rings. The number of thiophene rings is 1. The summed E-state index contributed by atoms with van der Waals surface area (Å²) >= 11 is 1.69. The van der Waals surface area contributed by atoms with Crippen molar-refractivity contribution in [2.75, 3.05) is 49.1 Å². The van der Waals surface area contributed by atoms with E-state index in [9.17, 15) is 4.79 Å². The maximum Gasteiger partial charge on any atom is 0.264 e. The summed E-state index contributed by atoms with van der Waals surface area (Å²) in [6.45, 7) is 9.78. The van der Waals surface area contributed by atoms with Gasteiger partial charge in [-0.3, -0.25) is 4.79 Å². The summed E-state index contributed by atoms with van der Waals surface area (Å²) in [5.74, 6) is 0.182. The zero-order valence-corrected chi connectivity index (χ0v) is 20.5. The van der Waals surface area contributed by atoms with Gasteiger partial charge in [0.15, 0.2) is 0 Å². The molecule has 0 atom stereocenters. The van der Waals surface area contributed by atoms with Crippen LogP contribution in [0.15, 0.2) is 54.6 Å². The third-order valence-electron chi connectivity index (χ3n) is 6.92. The van der Waals surface area contributed by atoms with Gasteiger partial charge in [-0.1, -0.05) is 42.5 Å². The van der Waals surface area contributed by atoms with E-state index in [2.05, 4.69) is 78.2 Å². The molecule has 0 unspecified atom stereocenters. The van der Waals surface area contributed by atoms with E-state index in [1.54, 1.807) is 11.3 Å². The van der Waals surface area contributed by atoms with Gasteiger partial charge in [-0.2, -0.15) is 0 Å². The molecule has 0 bridgehead atoms. The van der Waals surface area contributed by atoms with Crippen molar-refractivity contribution in [1.82, 2.24) is 4.90 Å². The topological polar surface area (TPSA) is 26.8 Å². The number of rotatable bonds is 4. The molecule has 2 aliphatic heterocycles. The van der Waals surface area contributed by atoms with Gasteiger partial charge in [0, 0.05) is 50.5 Å². The van der Waals surface area contributed by atoms with Crippen LogP contribution < -0.4 is 9.80 Å². The molecule has 0 N–H and O–H groups in total. The Morgan fingerprint density at radius 3 is 2.24 bits per heavy atom. The number of aryl methyl sites for hydroxylation is 2. The summed E-state index contributed by atoms with van der Waals surface area (Å²) in [5, 5.41) is 1.26. The first-order valence-corrected chi connectivity index (χ1v) is 13.0. The van der Waals surface area contributed by atoms with Gasteiger partial charge in [-0.15, -0.1) is 11.3 Å². The van der Waals surface area contributed by atoms with E-state index in [0.29, 0.717) is 0 Å². The lowest BCUT2D eigenvalue weighted by atomic mass is 10.1. The van der Waals surface area contributed by atoms with Crippen molar-refractivity contribution in [3.63, 3.8) is 0 Å². The molecule has 33 heavy (non-hydrogen) atoms. The van der Waals surface area contributed by atoms with Crippen LogP contribution in [0.1, 0.15) is 40.1 Å². The molecule has 0 spiro atoms. The van der Waals surface area contributed by atoms with Gasteiger partial charge in [-0.25, -0.2) is 0 Å². The van der Waals surface area contributed by atoms with Crippen molar-refractivity contribution >= 4 is 27.9 Å². The highest BCUT2D eigenvalue weighted by atomic mass is 32.1. The number of anilines is 2. The van der Waals surface area contributed by atoms with Crippen molar-refractivity contribution in [1.29, 1.82) is 0 Å². The first kappa shape index (κ1) is 22.0. The number of hydrogen-bond acceptors (Lipinski definition) is 4. The zero-order valence-electron chi connectivity index (χ0n) is 19.7. The van der Waals surface area contributed by atoms with Crippen molar-refractivity contribution < 1.29 is 4.79 Å². The lowest BCUT2D eigenvalue weighted by Gasteiger charge is -2.36. The molecule has 0 aliphatic carbocycles. The number of amides is 1. The highest BCUT2D eigenvalue weighted by molar-refractivity contribution is 7.18. The van der Waals surface area contributed by atoms with Crippen molar-refractivity contribution in [3.05, 3.63) is 70.6 Å². The maximum atomic E-state index is 13.5. The number of carbonyl (C=O) groups is 1. The molecule has 0 saturated carbocycles. The minimum atomic E-state index is 0.182. The van der Waals surface area contributed by atoms with Gasteiger partial charge in [0.2, 0.25) is 0 Å². The third-order valence-corrected chi connectivity index (χ3v) is 8.11. The van der Waals surface area contributed by atoms with Crippen LogP contribution in [0.2, 0.25) is 0 Å². The van der Waals surface area contributed by atoms with E-state index in [0.717, 1.165) is 44.1 Å². The highest BCUT2D eigenvalue weighted by Gasteiger charge is 2.27. The third kappa shape index (κ3) is 4.65. The number of benzene rings is 2. The van der Waals surface area contributed by atoms with E-state index in [1.165, 1.54) is 52.2 Å². The molecule has 2 saturated heterocycles. The van der Waals surface area contributed by atoms with Crippen LogP contribution in [0.4, 0.5) is 10.7 Å². The molecule has 3 aromatic rings. The first-order valence-electron chi connectivity index (χ1n) is 12.2. The van der Waals surface area contributed by atoms with Gasteiger partial charge in [0.25, 0.3) is 5.91 Å². The fourth-order valence-corrected chi connectivity index (χ4v) is 6.21. The molecule has 5 heteroatoms. The Kier molecular flexibility index (Phi) is 6.41. The van der Waals surface area contributed by atoms with E-state index in [4.69, 9.17) is 0 Å². The Balaban J connectivity index is 1.35. The van der Waals surface area contributed by atoms with Crippen molar-refractivity contribution in [2.24, 2.45) is 0 Å². The highest BCUT2D eigenvalue weighted by Crippen LogP contribution is 2.40. The van der Waals surface area contributed by atoms with Gasteiger partial charge in [-0.05, 0) is 61.9 Å². The Morgan fingerprint density at radius 1 is 0.788 bits per heavy atom. The van der Waals surface area contributed by atoms with Gasteiger partial charge in [0.05, 0.1) is 9.88 Å². The smallest absolute Gasteiger partial charge is 0.264 e. The minimum absolute atomic E-state index is 0.182. The Morgan fingerprint density at radius 2 is 1.52 bits per heavy atom. The zero-order chi connectivity index (χ0) is 22.8. The SMILES string of the molecule is Cc1ccc(C)c(N2CCN(C(=O)c3cc(-c4ccccc4)c(N4CCCCC4)s3)CC2)c1. The first-order chi connectivity index (χ1) is 16.1. The lowest BCUT2D eigenvalue weighted by Crippen LogP contribution is -2.48. The van der Waals surface area contributed by atoms with Crippen molar-refractivity contribution in [2.45, 2.75) is 33.1 Å². The average molecular weight is 460 g/mol. The summed E-state index contributed by atoms with van der Waals surface area (Å²) in [6.07, 6.45) is 3.77. The Bertz CT molecular complexity index is 1110. The predicted molar refractivity (Wildman–Crippen MR) is 140 cm³/mol. The van der Waals surface area contributed by atoms with Crippen LogP contribution >= 0.6 is 11.3 Å². The molecule has 4 nitrogen and oxygen atoms in total. The summed E-state index contributed by atoms with van der Waals surface area (Å²) < 4.78 is 0. The second-order valence-electron chi connectivity index (χ2n) is 9.31. The minimum Gasteiger partial charge on any atom is -0.368 e. The summed E-state index contributed by atoms with van der Waals surface area (Å²) in [5.41, 5.74) is 6.30. The van der Waals surface area contributed by atoms with Gasteiger partial charge < -0.3 is 14.7 Å². The fraction of sp³-hybridized carbons (Fsp3) is 0.393. The molecule has 1 amide bonds. The molecular weight excluding hydrogens is 426 g/mol. The molecule has 2 aromatic carbocycles. The van der Waals surface area contributed by atoms with E-state index in [1.807, 2.05) is 4.90 Å². The number of carbonyl (C=O) groups excluding carboxylic acids is 1. The normalized spacial score (nSPS) is 16.8. The van der Waals surface area contributed by atoms with Crippen LogP contribution in [-0.4, -0.2) is 50.1 Å². The maximum absolute atomic E-state index is 13.5. The monoisotopic (exact) mass is 459 g/mol. The Hall–Kier alpha value is -2.79. The summed E-state index contributed by atoms with van der Waals surface area (Å²) in [7, 11) is 0. The van der Waals surface area contributed by atoms with Crippen LogP contribution in [0.5, 0.6) is 0 Å². The van der Waals surface area contributed by atoms with Gasteiger partial charge >= 0.3 is 0 Å². The average Bonchev–Trinajstić information content (AvgIpc) is 3.32. The molecule has 5 rings (SSSR count). The molecule has 3 heterocycles. The second kappa shape index (κ2) is 9.60. The van der Waals surface area contributed by atoms with Crippen molar-refractivity contribution in [3.8, 4) is 11.1 Å². The predicted octanol–water partition coefficient (Wildman–Crippen LogP) is 5.98. The largest absolute Gasteiger partial charge is 0.368 e. The van der Waals surface area contributed by atoms with Crippen LogP contribution in [0, 0.1) is 13.8 Å². The standard InChI is InChI=1S/C28H33N3OS/c1-21-11-12-22(2)25(19-21)29-15-17-30(18-16-29)27(32)26-20-24(23-9-5-3-6-10-23)28(33-26)31-13-7-4-8-14-31/h3,5-6,9-12,19-20H,4,7-8,13-18H2,1-2H3. The van der Waals surface area contributed by atoms with Crippen LogP contribution in [0.25, 0.3) is 11.1 Å². The van der Waals surface area contributed by atoms with E-state index < -0.39 is 0 Å². The summed E-state index contributed by atoms with van der Waals surface area (Å²) in [6, 6.07) is 19.3. The van der Waals surface area contributed by atoms with E-state index >= 15 is 0 Å². The fourth-order valence-electron chi connectivity index (χ4n) is 5.01. The second-order valence-corrected chi connectivity index (χ2v) is 10.3. The van der Waals surface area contributed by atoms with Gasteiger partial charge in [0.1, 0.15) is 0 Å². The molecule has 172 valence electrons. The number of nitrogens with zero attached hydrogens (tertiary/aromatic N) is 3. The molecular formula is C28H33N3OS. The van der Waals surface area contributed by atoms with Crippen LogP contribution in [0.3, 0.4) is 0 Å². The van der Waals surface area contributed by atoms with Crippen LogP contribution in [-0.2, 0) is 0 Å². The Labute approximate surface area is 201 Å². The quantitative estimate of drug-likeness (QED) is 0.480. The molecule has 0 radical (unpaired) electrons. The lowest BCUT2D eigenvalue weighted by molar-refractivity contribution is 0.0751. The number of hydrogen-bond donors (Lipinski definition) is 0. The molecule has 2 fully saturated rings. The summed E-state index contributed by atoms with van der Waals surface area (Å²) in [4.78, 5) is 21.4. The number of piperazine rings is 1. The molecule has 1 aromatic heterocycles.